The molecule has 4 amide bonds. The molecule has 3 rings (SSSR count). The molecule has 0 spiro atoms. The van der Waals surface area contributed by atoms with E-state index in [2.05, 4.69) is 42.0 Å². The van der Waals surface area contributed by atoms with Gasteiger partial charge in [0, 0.05) is 56.5 Å². The molecular weight excluding hydrogens is 1170 g/mol. The SMILES string of the molecule is CCCCCCCCC1CC(CCCCCCC(=O)N[C@H]2CCCC[C@H]2NC(=O)CCCCCCCC(O)C(O)CCCCCCO)C(CCCCCCC(=O)N[C@@H]2CCCC[C@@H]2NC(=O)CCCCCCCC(O)C(O)CCCCCCC)CC1CCCCCCCC. The zero-order chi connectivity index (χ0) is 67.9. The lowest BCUT2D eigenvalue weighted by molar-refractivity contribution is -0.125. The van der Waals surface area contributed by atoms with Crippen molar-refractivity contribution in [3.8, 4) is 0 Å². The van der Waals surface area contributed by atoms with Gasteiger partial charge in [0.25, 0.3) is 0 Å². The van der Waals surface area contributed by atoms with Crippen LogP contribution in [0.3, 0.4) is 0 Å². The molecule has 9 N–H and O–H groups in total. The highest BCUT2D eigenvalue weighted by Gasteiger charge is 2.36. The first-order valence-electron chi connectivity index (χ1n) is 41.4. The van der Waals surface area contributed by atoms with Crippen LogP contribution in [0.15, 0.2) is 0 Å². The summed E-state index contributed by atoms with van der Waals surface area (Å²) in [5.74, 6) is 3.71. The number of unbranched alkanes of at least 4 members (excludes halogenated alkanes) is 31. The van der Waals surface area contributed by atoms with Crippen LogP contribution in [0.4, 0.5) is 0 Å². The average molecular weight is 1330 g/mol. The molecule has 552 valence electrons. The Bertz CT molecular complexity index is 1680. The number of aliphatic hydroxyl groups excluding tert-OH is 5. The van der Waals surface area contributed by atoms with E-state index in [9.17, 15) is 39.6 Å². The first-order chi connectivity index (χ1) is 45.9. The molecule has 0 radical (unpaired) electrons. The van der Waals surface area contributed by atoms with E-state index in [-0.39, 0.29) is 54.4 Å². The lowest BCUT2D eigenvalue weighted by atomic mass is 9.63. The molecule has 13 heteroatoms. The molecule has 3 saturated carbocycles. The maximum absolute atomic E-state index is 13.4. The number of amides is 4. The quantitative estimate of drug-likeness (QED) is 0.0264. The highest BCUT2D eigenvalue weighted by molar-refractivity contribution is 5.78. The van der Waals surface area contributed by atoms with Crippen molar-refractivity contribution in [2.24, 2.45) is 23.7 Å². The second-order valence-corrected chi connectivity index (χ2v) is 30.8. The van der Waals surface area contributed by atoms with E-state index in [4.69, 9.17) is 5.11 Å². The summed E-state index contributed by atoms with van der Waals surface area (Å²) >= 11 is 0. The second-order valence-electron chi connectivity index (χ2n) is 30.8. The van der Waals surface area contributed by atoms with E-state index in [0.29, 0.717) is 51.4 Å². The zero-order valence-electron chi connectivity index (χ0n) is 61.6. The van der Waals surface area contributed by atoms with Crippen molar-refractivity contribution < 1.29 is 44.7 Å². The van der Waals surface area contributed by atoms with Crippen LogP contribution < -0.4 is 21.3 Å². The summed E-state index contributed by atoms with van der Waals surface area (Å²) in [6.07, 6.45) is 62.2. The van der Waals surface area contributed by atoms with Gasteiger partial charge in [0.2, 0.25) is 23.6 Å². The number of rotatable bonds is 62. The van der Waals surface area contributed by atoms with Crippen molar-refractivity contribution in [3.05, 3.63) is 0 Å². The summed E-state index contributed by atoms with van der Waals surface area (Å²) in [5.41, 5.74) is 0. The van der Waals surface area contributed by atoms with Gasteiger partial charge in [-0.2, -0.15) is 0 Å². The van der Waals surface area contributed by atoms with Gasteiger partial charge in [-0.1, -0.05) is 290 Å². The van der Waals surface area contributed by atoms with Gasteiger partial charge in [-0.15, -0.1) is 0 Å². The average Bonchev–Trinajstić information content (AvgIpc) is 0.893. The first-order valence-corrected chi connectivity index (χ1v) is 41.4. The molecule has 12 atom stereocenters. The van der Waals surface area contributed by atoms with E-state index < -0.39 is 24.4 Å². The van der Waals surface area contributed by atoms with Crippen LogP contribution in [0.5, 0.6) is 0 Å². The maximum atomic E-state index is 13.4. The summed E-state index contributed by atoms with van der Waals surface area (Å²) in [4.78, 5) is 53.0. The number of hydrogen-bond donors (Lipinski definition) is 9. The molecule has 0 aromatic carbocycles. The molecule has 13 nitrogen and oxygen atoms in total. The Balaban J connectivity index is 1.41. The molecule has 0 aromatic rings. The monoisotopic (exact) mass is 1330 g/mol. The molecule has 3 aliphatic rings. The van der Waals surface area contributed by atoms with Crippen LogP contribution in [0, 0.1) is 23.7 Å². The Hall–Kier alpha value is -2.32. The normalized spacial score (nSPS) is 22.1. The zero-order valence-corrected chi connectivity index (χ0v) is 61.6. The number of nitrogens with one attached hydrogen (secondary N) is 4. The van der Waals surface area contributed by atoms with Crippen molar-refractivity contribution in [2.75, 3.05) is 6.61 Å². The molecule has 0 aliphatic heterocycles. The van der Waals surface area contributed by atoms with Crippen LogP contribution in [0.2, 0.25) is 0 Å². The first kappa shape index (κ1) is 85.9. The third kappa shape index (κ3) is 43.3. The third-order valence-electron chi connectivity index (χ3n) is 22.5. The number of aliphatic hydroxyl groups is 5. The second kappa shape index (κ2) is 58.5. The number of hydrogen-bond acceptors (Lipinski definition) is 9. The topological polar surface area (TPSA) is 218 Å². The minimum atomic E-state index is -0.685. The molecule has 0 bridgehead atoms. The van der Waals surface area contributed by atoms with Gasteiger partial charge in [0.1, 0.15) is 0 Å². The van der Waals surface area contributed by atoms with Crippen molar-refractivity contribution >= 4 is 23.6 Å². The fourth-order valence-electron chi connectivity index (χ4n) is 16.4. The van der Waals surface area contributed by atoms with Gasteiger partial charge < -0.3 is 46.8 Å². The predicted octanol–water partition coefficient (Wildman–Crippen LogP) is 18.7. The van der Waals surface area contributed by atoms with E-state index >= 15 is 0 Å². The molecule has 8 unspecified atom stereocenters. The van der Waals surface area contributed by atoms with Crippen LogP contribution >= 0.6 is 0 Å². The fourth-order valence-corrected chi connectivity index (χ4v) is 16.4. The van der Waals surface area contributed by atoms with Gasteiger partial charge >= 0.3 is 0 Å². The van der Waals surface area contributed by atoms with Gasteiger partial charge in [-0.3, -0.25) is 19.2 Å². The maximum Gasteiger partial charge on any atom is 0.220 e. The Morgan fingerprint density at radius 1 is 0.287 bits per heavy atom. The Morgan fingerprint density at radius 2 is 0.489 bits per heavy atom. The van der Waals surface area contributed by atoms with E-state index in [1.54, 1.807) is 0 Å². The van der Waals surface area contributed by atoms with Gasteiger partial charge in [0.05, 0.1) is 24.4 Å². The Labute approximate surface area is 578 Å². The molecule has 0 saturated heterocycles. The summed E-state index contributed by atoms with van der Waals surface area (Å²) < 4.78 is 0. The Kier molecular flexibility index (Phi) is 53.4. The van der Waals surface area contributed by atoms with Crippen LogP contribution in [-0.2, 0) is 19.2 Å². The van der Waals surface area contributed by atoms with Crippen molar-refractivity contribution in [2.45, 2.75) is 461 Å². The lowest BCUT2D eigenvalue weighted by Crippen LogP contribution is -2.53. The summed E-state index contributed by atoms with van der Waals surface area (Å²) in [7, 11) is 0. The molecular formula is C81H154N4O9. The molecule has 3 fully saturated rings. The minimum absolute atomic E-state index is 0.000444. The van der Waals surface area contributed by atoms with Crippen molar-refractivity contribution in [3.63, 3.8) is 0 Å². The summed E-state index contributed by atoms with van der Waals surface area (Å²) in [5, 5.41) is 63.7. The third-order valence-corrected chi connectivity index (χ3v) is 22.5. The van der Waals surface area contributed by atoms with Gasteiger partial charge in [-0.05, 0) is 120 Å². The molecule has 94 heavy (non-hydrogen) atoms. The van der Waals surface area contributed by atoms with Crippen LogP contribution in [-0.4, -0.2) is 104 Å². The predicted molar refractivity (Wildman–Crippen MR) is 391 cm³/mol. The lowest BCUT2D eigenvalue weighted by Gasteiger charge is -2.42. The summed E-state index contributed by atoms with van der Waals surface area (Å²) in [6.45, 7) is 7.04. The van der Waals surface area contributed by atoms with Crippen LogP contribution in [0.25, 0.3) is 0 Å². The van der Waals surface area contributed by atoms with Gasteiger partial charge in [-0.25, -0.2) is 0 Å². The molecule has 0 heterocycles. The number of carbonyl (C=O) groups excluding carboxylic acids is 4. The highest BCUT2D eigenvalue weighted by atomic mass is 16.3. The largest absolute Gasteiger partial charge is 0.396 e. The minimum Gasteiger partial charge on any atom is -0.396 e. The highest BCUT2D eigenvalue weighted by Crippen LogP contribution is 2.47. The fraction of sp³-hybridized carbons (Fsp3) is 0.951. The van der Waals surface area contributed by atoms with E-state index in [1.807, 2.05) is 0 Å². The molecule has 3 aliphatic carbocycles. The molecule has 0 aromatic heterocycles. The summed E-state index contributed by atoms with van der Waals surface area (Å²) in [6, 6.07) is 0.00516. The van der Waals surface area contributed by atoms with Crippen molar-refractivity contribution in [1.29, 1.82) is 0 Å². The number of carbonyl (C=O) groups is 4. The van der Waals surface area contributed by atoms with Crippen LogP contribution in [0.1, 0.15) is 412 Å². The van der Waals surface area contributed by atoms with E-state index in [1.165, 1.54) is 161 Å². The van der Waals surface area contributed by atoms with Gasteiger partial charge in [0.15, 0.2) is 0 Å². The van der Waals surface area contributed by atoms with E-state index in [0.717, 1.165) is 203 Å². The standard InChI is InChI=1S/C81H154N4O9/c1-4-7-10-13-18-30-47-66-64-68(49-32-24-26-40-61-80(93)84-72-53-44-42-51-70(72)82-78(91)59-38-22-15-20-35-56-75(88)74(87)55-34-17-12-9-6-3)69(65-67(66)48-31-19-14-11-8-5-2)50-33-25-27-41-62-81(94)85-73-54-45-43-52-71(73)83-79(92)60-39-23-16-21-36-57-76(89)77(90)58-37-28-29-46-63-86/h66-77,86-90H,4-65H2,1-3H3,(H,82,91)(H,83,92)(H,84,93)(H,85,94)/t66?,67?,68?,69?,70-,71+,72+,73-,74?,75?,76?,77?/m0/s1. The van der Waals surface area contributed by atoms with Crippen molar-refractivity contribution in [1.82, 2.24) is 21.3 Å². The smallest absolute Gasteiger partial charge is 0.220 e. The Morgan fingerprint density at radius 3 is 0.723 bits per heavy atom.